The zero-order valence-corrected chi connectivity index (χ0v) is 11.4. The van der Waals surface area contributed by atoms with Crippen LogP contribution in [0.15, 0.2) is 12.4 Å². The second kappa shape index (κ2) is 5.97. The minimum atomic E-state index is -0.468. The maximum absolute atomic E-state index is 11.5. The second-order valence-electron chi connectivity index (χ2n) is 4.86. The molecule has 6 nitrogen and oxygen atoms in total. The quantitative estimate of drug-likeness (QED) is 0.811. The lowest BCUT2D eigenvalue weighted by Crippen LogP contribution is -2.38. The third-order valence-corrected chi connectivity index (χ3v) is 3.80. The van der Waals surface area contributed by atoms with Gasteiger partial charge in [0.1, 0.15) is 5.82 Å². The van der Waals surface area contributed by atoms with Crippen LogP contribution in [0.4, 0.5) is 5.82 Å². The molecule has 1 aromatic heterocycles. The molecule has 0 aromatic carbocycles. The highest BCUT2D eigenvalue weighted by molar-refractivity contribution is 5.87. The predicted octanol–water partition coefficient (Wildman–Crippen LogP) is 0.827. The Bertz CT molecular complexity index is 452. The van der Waals surface area contributed by atoms with Gasteiger partial charge in [-0.1, -0.05) is 6.42 Å². The lowest BCUT2D eigenvalue weighted by molar-refractivity contribution is 0.0593. The van der Waals surface area contributed by atoms with Gasteiger partial charge in [-0.25, -0.2) is 9.78 Å². The van der Waals surface area contributed by atoms with Gasteiger partial charge in [-0.2, -0.15) is 0 Å². The Hall–Kier alpha value is -1.69. The SMILES string of the molecule is COC(=O)c1cncc(N(C)C2CCCC2CN)n1. The van der Waals surface area contributed by atoms with Gasteiger partial charge in [0, 0.05) is 13.1 Å². The standard InChI is InChI=1S/C13H20N4O2/c1-17(11-5-3-4-9(11)6-14)12-8-15-7-10(16-12)13(18)19-2/h7-9,11H,3-6,14H2,1-2H3. The Morgan fingerprint density at radius 1 is 1.53 bits per heavy atom. The zero-order chi connectivity index (χ0) is 13.8. The summed E-state index contributed by atoms with van der Waals surface area (Å²) in [5.74, 6) is 0.700. The van der Waals surface area contributed by atoms with E-state index in [0.717, 1.165) is 12.8 Å². The number of ether oxygens (including phenoxy) is 1. The molecule has 2 atom stereocenters. The Morgan fingerprint density at radius 2 is 2.32 bits per heavy atom. The van der Waals surface area contributed by atoms with Gasteiger partial charge in [0.05, 0.1) is 19.5 Å². The van der Waals surface area contributed by atoms with Crippen molar-refractivity contribution in [3.63, 3.8) is 0 Å². The average Bonchev–Trinajstić information content (AvgIpc) is 2.94. The molecule has 0 radical (unpaired) electrons. The molecule has 2 unspecified atom stereocenters. The molecule has 1 aliphatic rings. The second-order valence-corrected chi connectivity index (χ2v) is 4.86. The van der Waals surface area contributed by atoms with E-state index in [1.54, 1.807) is 6.20 Å². The van der Waals surface area contributed by atoms with Crippen LogP contribution in [0.2, 0.25) is 0 Å². The molecule has 19 heavy (non-hydrogen) atoms. The normalized spacial score (nSPS) is 22.3. The number of methoxy groups -OCH3 is 1. The van der Waals surface area contributed by atoms with E-state index in [4.69, 9.17) is 5.73 Å². The summed E-state index contributed by atoms with van der Waals surface area (Å²) in [4.78, 5) is 21.9. The molecule has 6 heteroatoms. The molecule has 1 heterocycles. The lowest BCUT2D eigenvalue weighted by Gasteiger charge is -2.29. The van der Waals surface area contributed by atoms with Crippen molar-refractivity contribution in [1.82, 2.24) is 9.97 Å². The summed E-state index contributed by atoms with van der Waals surface area (Å²) >= 11 is 0. The fourth-order valence-electron chi connectivity index (χ4n) is 2.70. The van der Waals surface area contributed by atoms with Crippen LogP contribution in [0.25, 0.3) is 0 Å². The van der Waals surface area contributed by atoms with Crippen molar-refractivity contribution in [3.8, 4) is 0 Å². The minimum Gasteiger partial charge on any atom is -0.464 e. The van der Waals surface area contributed by atoms with Crippen molar-refractivity contribution < 1.29 is 9.53 Å². The number of esters is 1. The first-order valence-electron chi connectivity index (χ1n) is 6.50. The summed E-state index contributed by atoms with van der Waals surface area (Å²) in [6.45, 7) is 0.680. The molecule has 1 fully saturated rings. The van der Waals surface area contributed by atoms with Gasteiger partial charge >= 0.3 is 5.97 Å². The molecule has 0 spiro atoms. The summed E-state index contributed by atoms with van der Waals surface area (Å²) < 4.78 is 4.66. The van der Waals surface area contributed by atoms with Gasteiger partial charge in [-0.05, 0) is 25.3 Å². The van der Waals surface area contributed by atoms with Gasteiger partial charge < -0.3 is 15.4 Å². The highest BCUT2D eigenvalue weighted by Gasteiger charge is 2.30. The van der Waals surface area contributed by atoms with Crippen LogP contribution in [-0.2, 0) is 4.74 Å². The average molecular weight is 264 g/mol. The van der Waals surface area contributed by atoms with E-state index in [9.17, 15) is 4.79 Å². The first kappa shape index (κ1) is 13.7. The van der Waals surface area contributed by atoms with Crippen molar-refractivity contribution in [2.24, 2.45) is 11.7 Å². The summed E-state index contributed by atoms with van der Waals surface area (Å²) in [6, 6.07) is 0.368. The molecule has 1 aliphatic carbocycles. The summed E-state index contributed by atoms with van der Waals surface area (Å²) in [7, 11) is 3.31. The smallest absolute Gasteiger partial charge is 0.358 e. The maximum Gasteiger partial charge on any atom is 0.358 e. The number of nitrogens with zero attached hydrogens (tertiary/aromatic N) is 3. The van der Waals surface area contributed by atoms with Crippen molar-refractivity contribution in [3.05, 3.63) is 18.1 Å². The Labute approximate surface area is 113 Å². The van der Waals surface area contributed by atoms with Crippen LogP contribution in [0, 0.1) is 5.92 Å². The highest BCUT2D eigenvalue weighted by Crippen LogP contribution is 2.30. The Morgan fingerprint density at radius 3 is 3.00 bits per heavy atom. The van der Waals surface area contributed by atoms with Gasteiger partial charge in [-0.15, -0.1) is 0 Å². The number of hydrogen-bond acceptors (Lipinski definition) is 6. The molecule has 2 rings (SSSR count). The largest absolute Gasteiger partial charge is 0.464 e. The van der Waals surface area contributed by atoms with Gasteiger partial charge in [-0.3, -0.25) is 4.98 Å². The van der Waals surface area contributed by atoms with Gasteiger partial charge in [0.25, 0.3) is 0 Å². The first-order valence-corrected chi connectivity index (χ1v) is 6.50. The fourth-order valence-corrected chi connectivity index (χ4v) is 2.70. The molecule has 0 aliphatic heterocycles. The third-order valence-electron chi connectivity index (χ3n) is 3.80. The maximum atomic E-state index is 11.5. The highest BCUT2D eigenvalue weighted by atomic mass is 16.5. The van der Waals surface area contributed by atoms with Crippen LogP contribution in [0.5, 0.6) is 0 Å². The Balaban J connectivity index is 2.19. The molecule has 0 bridgehead atoms. The lowest BCUT2D eigenvalue weighted by atomic mass is 10.0. The van der Waals surface area contributed by atoms with E-state index in [-0.39, 0.29) is 5.69 Å². The van der Waals surface area contributed by atoms with E-state index < -0.39 is 5.97 Å². The summed E-state index contributed by atoms with van der Waals surface area (Å²) in [6.07, 6.45) is 6.51. The van der Waals surface area contributed by atoms with Crippen LogP contribution in [0.1, 0.15) is 29.8 Å². The molecular formula is C13H20N4O2. The van der Waals surface area contributed by atoms with Crippen LogP contribution in [-0.4, -0.2) is 42.7 Å². The summed E-state index contributed by atoms with van der Waals surface area (Å²) in [5, 5.41) is 0. The molecular weight excluding hydrogens is 244 g/mol. The van der Waals surface area contributed by atoms with Crippen LogP contribution in [0.3, 0.4) is 0 Å². The molecule has 0 amide bonds. The van der Waals surface area contributed by atoms with Crippen molar-refractivity contribution in [2.45, 2.75) is 25.3 Å². The number of nitrogens with two attached hydrogens (primary N) is 1. The number of aromatic nitrogens is 2. The predicted molar refractivity (Wildman–Crippen MR) is 72.0 cm³/mol. The summed E-state index contributed by atoms with van der Waals surface area (Å²) in [5.41, 5.74) is 6.03. The number of carbonyl (C=O) groups excluding carboxylic acids is 1. The topological polar surface area (TPSA) is 81.3 Å². The molecule has 104 valence electrons. The van der Waals surface area contributed by atoms with E-state index in [2.05, 4.69) is 19.6 Å². The molecule has 2 N–H and O–H groups in total. The number of carbonyl (C=O) groups is 1. The van der Waals surface area contributed by atoms with Crippen molar-refractivity contribution in [1.29, 1.82) is 0 Å². The molecule has 1 saturated carbocycles. The van der Waals surface area contributed by atoms with Crippen molar-refractivity contribution in [2.75, 3.05) is 25.6 Å². The molecule has 1 aromatic rings. The van der Waals surface area contributed by atoms with E-state index in [0.29, 0.717) is 24.3 Å². The van der Waals surface area contributed by atoms with E-state index >= 15 is 0 Å². The van der Waals surface area contributed by atoms with Crippen molar-refractivity contribution >= 4 is 11.8 Å². The van der Waals surface area contributed by atoms with E-state index in [1.165, 1.54) is 19.7 Å². The Kier molecular flexibility index (Phi) is 4.31. The van der Waals surface area contributed by atoms with Crippen LogP contribution >= 0.6 is 0 Å². The zero-order valence-electron chi connectivity index (χ0n) is 11.4. The number of hydrogen-bond donors (Lipinski definition) is 1. The van der Waals surface area contributed by atoms with Gasteiger partial charge in [0.15, 0.2) is 5.69 Å². The molecule has 0 saturated heterocycles. The first-order chi connectivity index (χ1) is 9.17. The number of anilines is 1. The van der Waals surface area contributed by atoms with Crippen LogP contribution < -0.4 is 10.6 Å². The fraction of sp³-hybridized carbons (Fsp3) is 0.615. The number of rotatable bonds is 4. The third kappa shape index (κ3) is 2.84. The van der Waals surface area contributed by atoms with Gasteiger partial charge in [0.2, 0.25) is 0 Å². The van der Waals surface area contributed by atoms with E-state index in [1.807, 2.05) is 7.05 Å². The minimum absolute atomic E-state index is 0.231. The monoisotopic (exact) mass is 264 g/mol.